The van der Waals surface area contributed by atoms with Crippen LogP contribution < -0.4 is 5.32 Å². The minimum atomic E-state index is 0.437. The van der Waals surface area contributed by atoms with Gasteiger partial charge in [0.25, 0.3) is 0 Å². The molecule has 3 rings (SSSR count). The van der Waals surface area contributed by atoms with E-state index in [9.17, 15) is 0 Å². The molecule has 2 aromatic rings. The van der Waals surface area contributed by atoms with Crippen molar-refractivity contribution in [2.24, 2.45) is 0 Å². The monoisotopic (exact) mass is 385 g/mol. The summed E-state index contributed by atoms with van der Waals surface area (Å²) in [6.45, 7) is 8.71. The van der Waals surface area contributed by atoms with Crippen LogP contribution in [0.5, 0.6) is 0 Å². The molecule has 0 atom stereocenters. The molecule has 1 aromatic heterocycles. The lowest BCUT2D eigenvalue weighted by Gasteiger charge is -2.21. The third-order valence-corrected chi connectivity index (χ3v) is 6.04. The van der Waals surface area contributed by atoms with E-state index in [1.807, 2.05) is 0 Å². The molecular formula is C23H32ClN3. The number of aromatic nitrogens is 2. The Morgan fingerprint density at radius 1 is 0.926 bits per heavy atom. The molecular weight excluding hydrogens is 354 g/mol. The number of nitrogens with zero attached hydrogens (tertiary/aromatic N) is 2. The number of nitrogens with one attached hydrogen (secondary N) is 1. The van der Waals surface area contributed by atoms with Gasteiger partial charge in [-0.1, -0.05) is 39.3 Å². The minimum Gasteiger partial charge on any atom is -0.366 e. The summed E-state index contributed by atoms with van der Waals surface area (Å²) in [5.74, 6) is 0.945. The average Bonchev–Trinajstić information content (AvgIpc) is 2.71. The highest BCUT2D eigenvalue weighted by atomic mass is 35.5. The standard InChI is InChI=1S/C23H32ClN3/c1-5-17(6-2)25-23-21(8-4)26-22(20(7-3)27-23)18-13-15-11-9-10-12-16(15)14-19(18)24/h13-14,17H,5-12H2,1-4H3,(H,25,27). The van der Waals surface area contributed by atoms with E-state index in [-0.39, 0.29) is 0 Å². The highest BCUT2D eigenvalue weighted by Gasteiger charge is 2.19. The quantitative estimate of drug-likeness (QED) is 0.599. The summed E-state index contributed by atoms with van der Waals surface area (Å²) in [5.41, 5.74) is 6.90. The van der Waals surface area contributed by atoms with Crippen molar-refractivity contribution in [3.8, 4) is 11.3 Å². The third kappa shape index (κ3) is 4.29. The number of rotatable bonds is 7. The number of aryl methyl sites for hydroxylation is 4. The number of hydrogen-bond acceptors (Lipinski definition) is 3. The fourth-order valence-electron chi connectivity index (χ4n) is 3.95. The molecule has 0 spiro atoms. The van der Waals surface area contributed by atoms with Gasteiger partial charge < -0.3 is 5.32 Å². The van der Waals surface area contributed by atoms with Crippen LogP contribution in [0.4, 0.5) is 5.82 Å². The van der Waals surface area contributed by atoms with Crippen LogP contribution >= 0.6 is 11.6 Å². The van der Waals surface area contributed by atoms with Gasteiger partial charge in [-0.15, -0.1) is 0 Å². The van der Waals surface area contributed by atoms with Crippen LogP contribution in [0.3, 0.4) is 0 Å². The summed E-state index contributed by atoms with van der Waals surface area (Å²) >= 11 is 6.71. The topological polar surface area (TPSA) is 37.8 Å². The van der Waals surface area contributed by atoms with E-state index in [4.69, 9.17) is 21.6 Å². The van der Waals surface area contributed by atoms with Gasteiger partial charge in [0.1, 0.15) is 5.82 Å². The molecule has 1 aliphatic rings. The van der Waals surface area contributed by atoms with Gasteiger partial charge in [-0.2, -0.15) is 0 Å². The molecule has 1 heterocycles. The lowest BCUT2D eigenvalue weighted by Crippen LogP contribution is -2.20. The van der Waals surface area contributed by atoms with Gasteiger partial charge in [-0.05, 0) is 74.6 Å². The van der Waals surface area contributed by atoms with Crippen LogP contribution in [0.1, 0.15) is 75.9 Å². The van der Waals surface area contributed by atoms with Crippen molar-refractivity contribution in [2.45, 2.75) is 85.1 Å². The van der Waals surface area contributed by atoms with Crippen molar-refractivity contribution in [1.29, 1.82) is 0 Å². The maximum atomic E-state index is 6.71. The molecule has 0 amide bonds. The second-order valence-corrected chi connectivity index (χ2v) is 7.89. The van der Waals surface area contributed by atoms with Crippen molar-refractivity contribution >= 4 is 17.4 Å². The molecule has 27 heavy (non-hydrogen) atoms. The summed E-state index contributed by atoms with van der Waals surface area (Å²) in [6.07, 6.45) is 8.68. The van der Waals surface area contributed by atoms with Crippen molar-refractivity contribution in [3.05, 3.63) is 39.7 Å². The van der Waals surface area contributed by atoms with Crippen molar-refractivity contribution in [1.82, 2.24) is 9.97 Å². The minimum absolute atomic E-state index is 0.437. The van der Waals surface area contributed by atoms with Crippen LogP contribution in [-0.2, 0) is 25.7 Å². The molecule has 1 aromatic carbocycles. The predicted molar refractivity (Wildman–Crippen MR) is 116 cm³/mol. The Kier molecular flexibility index (Phi) is 6.75. The molecule has 0 fully saturated rings. The van der Waals surface area contributed by atoms with Crippen LogP contribution in [-0.4, -0.2) is 16.0 Å². The molecule has 1 N–H and O–H groups in total. The van der Waals surface area contributed by atoms with Crippen LogP contribution in [0.2, 0.25) is 5.02 Å². The molecule has 1 aliphatic carbocycles. The summed E-state index contributed by atoms with van der Waals surface area (Å²) < 4.78 is 0. The Bertz CT molecular complexity index is 797. The SMILES string of the molecule is CCc1nc(-c2cc3c(cc2Cl)CCCC3)c(CC)nc1NC(CC)CC. The maximum Gasteiger partial charge on any atom is 0.148 e. The van der Waals surface area contributed by atoms with Gasteiger partial charge in [-0.3, -0.25) is 0 Å². The molecule has 0 saturated heterocycles. The first kappa shape index (κ1) is 20.1. The number of hydrogen-bond donors (Lipinski definition) is 1. The van der Waals surface area contributed by atoms with E-state index in [1.165, 1.54) is 24.0 Å². The number of halogens is 1. The highest BCUT2D eigenvalue weighted by molar-refractivity contribution is 6.33. The predicted octanol–water partition coefficient (Wildman–Crippen LogP) is 6.40. The molecule has 0 radical (unpaired) electrons. The summed E-state index contributed by atoms with van der Waals surface area (Å²) in [4.78, 5) is 10.0. The van der Waals surface area contributed by atoms with Gasteiger partial charge in [-0.25, -0.2) is 9.97 Å². The smallest absolute Gasteiger partial charge is 0.148 e. The van der Waals surface area contributed by atoms with E-state index in [0.29, 0.717) is 6.04 Å². The second kappa shape index (κ2) is 9.05. The maximum absolute atomic E-state index is 6.71. The largest absolute Gasteiger partial charge is 0.366 e. The van der Waals surface area contributed by atoms with Crippen molar-refractivity contribution in [2.75, 3.05) is 5.32 Å². The van der Waals surface area contributed by atoms with Gasteiger partial charge in [0, 0.05) is 11.6 Å². The van der Waals surface area contributed by atoms with Crippen LogP contribution in [0.25, 0.3) is 11.3 Å². The first-order valence-corrected chi connectivity index (χ1v) is 11.0. The Labute approximate surface area is 169 Å². The zero-order valence-electron chi connectivity index (χ0n) is 17.2. The molecule has 0 bridgehead atoms. The molecule has 3 nitrogen and oxygen atoms in total. The van der Waals surface area contributed by atoms with E-state index in [1.54, 1.807) is 0 Å². The second-order valence-electron chi connectivity index (χ2n) is 7.49. The van der Waals surface area contributed by atoms with Crippen LogP contribution in [0.15, 0.2) is 12.1 Å². The van der Waals surface area contributed by atoms with Gasteiger partial charge in [0.15, 0.2) is 0 Å². The number of anilines is 1. The summed E-state index contributed by atoms with van der Waals surface area (Å²) in [6, 6.07) is 4.87. The Morgan fingerprint density at radius 3 is 2.15 bits per heavy atom. The molecule has 0 aliphatic heterocycles. The van der Waals surface area contributed by atoms with Gasteiger partial charge >= 0.3 is 0 Å². The Morgan fingerprint density at radius 2 is 1.56 bits per heavy atom. The average molecular weight is 386 g/mol. The van der Waals surface area contributed by atoms with Crippen molar-refractivity contribution in [3.63, 3.8) is 0 Å². The van der Waals surface area contributed by atoms with E-state index >= 15 is 0 Å². The molecule has 146 valence electrons. The van der Waals surface area contributed by atoms with Crippen LogP contribution in [0, 0.1) is 0 Å². The molecule has 0 saturated carbocycles. The lowest BCUT2D eigenvalue weighted by atomic mass is 9.89. The number of benzene rings is 1. The fraction of sp³-hybridized carbons (Fsp3) is 0.565. The van der Waals surface area contributed by atoms with Gasteiger partial charge in [0.2, 0.25) is 0 Å². The van der Waals surface area contributed by atoms with Gasteiger partial charge in [0.05, 0.1) is 22.1 Å². The Hall–Kier alpha value is -1.61. The lowest BCUT2D eigenvalue weighted by molar-refractivity contribution is 0.665. The van der Waals surface area contributed by atoms with E-state index in [0.717, 1.165) is 72.0 Å². The summed E-state index contributed by atoms with van der Waals surface area (Å²) in [5, 5.41) is 4.42. The van der Waals surface area contributed by atoms with E-state index in [2.05, 4.69) is 45.1 Å². The third-order valence-electron chi connectivity index (χ3n) is 5.72. The zero-order chi connectivity index (χ0) is 19.4. The first-order valence-electron chi connectivity index (χ1n) is 10.6. The van der Waals surface area contributed by atoms with E-state index < -0.39 is 0 Å². The number of fused-ring (bicyclic) bond motifs is 1. The zero-order valence-corrected chi connectivity index (χ0v) is 17.9. The summed E-state index contributed by atoms with van der Waals surface area (Å²) in [7, 11) is 0. The normalized spacial score (nSPS) is 13.7. The molecule has 4 heteroatoms. The molecule has 0 unspecified atom stereocenters. The fourth-order valence-corrected chi connectivity index (χ4v) is 4.23. The first-order chi connectivity index (χ1) is 13.1. The Balaban J connectivity index is 2.08. The van der Waals surface area contributed by atoms with Crippen molar-refractivity contribution < 1.29 is 0 Å². The highest BCUT2D eigenvalue weighted by Crippen LogP contribution is 2.35.